The van der Waals surface area contributed by atoms with Gasteiger partial charge in [-0.15, -0.1) is 0 Å². The van der Waals surface area contributed by atoms with Crippen molar-refractivity contribution in [2.45, 2.75) is 13.0 Å². The van der Waals surface area contributed by atoms with Crippen LogP contribution in [0.15, 0.2) is 30.5 Å². The highest BCUT2D eigenvalue weighted by Gasteiger charge is 2.28. The molecule has 0 atom stereocenters. The third-order valence-electron chi connectivity index (χ3n) is 4.46. The number of ether oxygens (including phenoxy) is 1. The molecule has 25 heavy (non-hydrogen) atoms. The number of nitrogens with zero attached hydrogens (tertiary/aromatic N) is 5. The minimum absolute atomic E-state index is 0.0986. The topological polar surface area (TPSA) is 80.6 Å². The standard InChI is InChI=1S/C17H19N5O3/c23-16(13-4-1-2-5-18-13)20-7-9-21(10-8-20)17(24)14-12-15-22(19-14)6-3-11-25-15/h1-2,4-5,12H,3,6-11H2. The summed E-state index contributed by atoms with van der Waals surface area (Å²) < 4.78 is 7.24. The minimum atomic E-state index is -0.115. The quantitative estimate of drug-likeness (QED) is 0.802. The first kappa shape index (κ1) is 15.6. The number of carbonyl (C=O) groups is 2. The number of rotatable bonds is 2. The fraction of sp³-hybridized carbons (Fsp3) is 0.412. The van der Waals surface area contributed by atoms with Gasteiger partial charge >= 0.3 is 0 Å². The van der Waals surface area contributed by atoms with Crippen LogP contribution in [0.5, 0.6) is 5.88 Å². The van der Waals surface area contributed by atoms with Gasteiger partial charge in [-0.05, 0) is 12.1 Å². The van der Waals surface area contributed by atoms with Crippen LogP contribution in [0.3, 0.4) is 0 Å². The highest BCUT2D eigenvalue weighted by molar-refractivity contribution is 5.94. The van der Waals surface area contributed by atoms with Gasteiger partial charge in [0.05, 0.1) is 6.61 Å². The molecule has 8 nitrogen and oxygen atoms in total. The molecule has 0 bridgehead atoms. The molecule has 4 heterocycles. The molecule has 2 aliphatic rings. The van der Waals surface area contributed by atoms with Crippen LogP contribution >= 0.6 is 0 Å². The molecule has 4 rings (SSSR count). The lowest BCUT2D eigenvalue weighted by Crippen LogP contribution is -2.50. The Labute approximate surface area is 145 Å². The van der Waals surface area contributed by atoms with Crippen LogP contribution in [0, 0.1) is 0 Å². The lowest BCUT2D eigenvalue weighted by molar-refractivity contribution is 0.0528. The SMILES string of the molecule is O=C(c1ccccn1)N1CCN(C(=O)c2cc3n(n2)CCCO3)CC1. The molecule has 1 fully saturated rings. The maximum Gasteiger partial charge on any atom is 0.274 e. The van der Waals surface area contributed by atoms with E-state index >= 15 is 0 Å². The zero-order valence-electron chi connectivity index (χ0n) is 13.8. The first-order valence-corrected chi connectivity index (χ1v) is 8.42. The van der Waals surface area contributed by atoms with Gasteiger partial charge in [0.25, 0.3) is 11.8 Å². The number of pyridine rings is 1. The van der Waals surface area contributed by atoms with E-state index in [1.165, 1.54) is 0 Å². The normalized spacial score (nSPS) is 17.0. The van der Waals surface area contributed by atoms with E-state index in [1.54, 1.807) is 44.9 Å². The van der Waals surface area contributed by atoms with E-state index in [0.717, 1.165) is 13.0 Å². The molecule has 1 saturated heterocycles. The Morgan fingerprint density at radius 2 is 1.68 bits per heavy atom. The van der Waals surface area contributed by atoms with Gasteiger partial charge in [-0.1, -0.05) is 6.07 Å². The van der Waals surface area contributed by atoms with Gasteiger partial charge in [-0.25, -0.2) is 4.68 Å². The molecule has 8 heteroatoms. The molecule has 0 saturated carbocycles. The van der Waals surface area contributed by atoms with Crippen molar-refractivity contribution < 1.29 is 14.3 Å². The molecule has 0 unspecified atom stereocenters. The van der Waals surface area contributed by atoms with Crippen molar-refractivity contribution in [1.82, 2.24) is 24.6 Å². The smallest absolute Gasteiger partial charge is 0.274 e. The summed E-state index contributed by atoms with van der Waals surface area (Å²) in [5.74, 6) is 0.438. The van der Waals surface area contributed by atoms with Crippen molar-refractivity contribution in [2.24, 2.45) is 0 Å². The van der Waals surface area contributed by atoms with E-state index in [9.17, 15) is 9.59 Å². The number of piperazine rings is 1. The van der Waals surface area contributed by atoms with Crippen LogP contribution in [0.25, 0.3) is 0 Å². The molecule has 0 aromatic carbocycles. The van der Waals surface area contributed by atoms with Gasteiger partial charge in [0, 0.05) is 51.4 Å². The Bertz CT molecular complexity index is 757. The van der Waals surface area contributed by atoms with Crippen molar-refractivity contribution in [3.8, 4) is 5.88 Å². The van der Waals surface area contributed by atoms with E-state index in [4.69, 9.17) is 4.74 Å². The van der Waals surface area contributed by atoms with E-state index < -0.39 is 0 Å². The Morgan fingerprint density at radius 1 is 0.960 bits per heavy atom. The fourth-order valence-corrected chi connectivity index (χ4v) is 3.10. The Hall–Kier alpha value is -2.90. The monoisotopic (exact) mass is 341 g/mol. The second kappa shape index (κ2) is 6.54. The second-order valence-electron chi connectivity index (χ2n) is 6.09. The number of hydrogen-bond donors (Lipinski definition) is 0. The lowest BCUT2D eigenvalue weighted by atomic mass is 10.2. The first-order valence-electron chi connectivity index (χ1n) is 8.42. The van der Waals surface area contributed by atoms with Crippen molar-refractivity contribution >= 4 is 11.8 Å². The van der Waals surface area contributed by atoms with Crippen LogP contribution in [-0.4, -0.2) is 69.2 Å². The van der Waals surface area contributed by atoms with E-state index in [0.29, 0.717) is 50.1 Å². The van der Waals surface area contributed by atoms with Gasteiger partial charge < -0.3 is 14.5 Å². The molecule has 0 N–H and O–H groups in total. The molecule has 2 aliphatic heterocycles. The van der Waals surface area contributed by atoms with E-state index in [1.807, 2.05) is 0 Å². The Balaban J connectivity index is 1.39. The number of carbonyl (C=O) groups excluding carboxylic acids is 2. The summed E-state index contributed by atoms with van der Waals surface area (Å²) in [6.07, 6.45) is 2.51. The Morgan fingerprint density at radius 3 is 2.32 bits per heavy atom. The number of aromatic nitrogens is 3. The molecule has 130 valence electrons. The van der Waals surface area contributed by atoms with Gasteiger partial charge in [-0.3, -0.25) is 14.6 Å². The summed E-state index contributed by atoms with van der Waals surface area (Å²) in [6.45, 7) is 3.39. The second-order valence-corrected chi connectivity index (χ2v) is 6.09. The summed E-state index contributed by atoms with van der Waals surface area (Å²) in [4.78, 5) is 32.6. The highest BCUT2D eigenvalue weighted by Crippen LogP contribution is 2.20. The van der Waals surface area contributed by atoms with Crippen LogP contribution < -0.4 is 4.74 Å². The lowest BCUT2D eigenvalue weighted by Gasteiger charge is -2.34. The average Bonchev–Trinajstić information content (AvgIpc) is 3.12. The molecular formula is C17H19N5O3. The molecule has 0 radical (unpaired) electrons. The third kappa shape index (κ3) is 3.07. The fourth-order valence-electron chi connectivity index (χ4n) is 3.10. The average molecular weight is 341 g/mol. The summed E-state index contributed by atoms with van der Waals surface area (Å²) in [7, 11) is 0. The van der Waals surface area contributed by atoms with Crippen LogP contribution in [0.2, 0.25) is 0 Å². The molecule has 2 aromatic heterocycles. The zero-order chi connectivity index (χ0) is 17.2. The van der Waals surface area contributed by atoms with E-state index in [2.05, 4.69) is 10.1 Å². The van der Waals surface area contributed by atoms with Gasteiger partial charge in [0.15, 0.2) is 5.69 Å². The molecule has 0 aliphatic carbocycles. The maximum atomic E-state index is 12.6. The van der Waals surface area contributed by atoms with Gasteiger partial charge in [-0.2, -0.15) is 5.10 Å². The molecule has 2 aromatic rings. The zero-order valence-corrected chi connectivity index (χ0v) is 13.8. The summed E-state index contributed by atoms with van der Waals surface area (Å²) in [5, 5.41) is 4.34. The summed E-state index contributed by atoms with van der Waals surface area (Å²) in [6, 6.07) is 6.98. The van der Waals surface area contributed by atoms with Crippen LogP contribution in [0.4, 0.5) is 0 Å². The predicted octanol–water partition coefficient (Wildman–Crippen LogP) is 0.659. The third-order valence-corrected chi connectivity index (χ3v) is 4.46. The number of hydrogen-bond acceptors (Lipinski definition) is 5. The van der Waals surface area contributed by atoms with Crippen LogP contribution in [0.1, 0.15) is 27.4 Å². The van der Waals surface area contributed by atoms with E-state index in [-0.39, 0.29) is 11.8 Å². The van der Waals surface area contributed by atoms with Gasteiger partial charge in [0.2, 0.25) is 5.88 Å². The van der Waals surface area contributed by atoms with Crippen LogP contribution in [-0.2, 0) is 6.54 Å². The number of aryl methyl sites for hydroxylation is 1. The Kier molecular flexibility index (Phi) is 4.09. The first-order chi connectivity index (χ1) is 12.2. The van der Waals surface area contributed by atoms with Crippen molar-refractivity contribution in [1.29, 1.82) is 0 Å². The van der Waals surface area contributed by atoms with Crippen molar-refractivity contribution in [2.75, 3.05) is 32.8 Å². The van der Waals surface area contributed by atoms with Crippen molar-refractivity contribution in [3.05, 3.63) is 41.9 Å². The minimum Gasteiger partial charge on any atom is -0.478 e. The number of amides is 2. The number of fused-ring (bicyclic) bond motifs is 1. The summed E-state index contributed by atoms with van der Waals surface area (Å²) >= 11 is 0. The molecular weight excluding hydrogens is 322 g/mol. The largest absolute Gasteiger partial charge is 0.478 e. The summed E-state index contributed by atoms with van der Waals surface area (Å²) in [5.41, 5.74) is 0.836. The van der Waals surface area contributed by atoms with Gasteiger partial charge in [0.1, 0.15) is 5.69 Å². The van der Waals surface area contributed by atoms with Crippen molar-refractivity contribution in [3.63, 3.8) is 0 Å². The maximum absolute atomic E-state index is 12.6. The molecule has 2 amide bonds. The highest BCUT2D eigenvalue weighted by atomic mass is 16.5. The molecule has 0 spiro atoms. The predicted molar refractivity (Wildman–Crippen MR) is 88.4 cm³/mol.